The Balaban J connectivity index is 1.77. The molecule has 1 amide bonds. The molecule has 1 aromatic carbocycles. The molecule has 0 saturated heterocycles. The van der Waals surface area contributed by atoms with Crippen LogP contribution in [-0.2, 0) is 22.4 Å². The van der Waals surface area contributed by atoms with Crippen LogP contribution in [0.5, 0.6) is 5.75 Å². The first kappa shape index (κ1) is 21.8. The fraction of sp³-hybridized carbons (Fsp3) is 0.455. The number of benzene rings is 1. The summed E-state index contributed by atoms with van der Waals surface area (Å²) >= 11 is 4.94. The summed E-state index contributed by atoms with van der Waals surface area (Å²) in [6, 6.07) is 3.90. The summed E-state index contributed by atoms with van der Waals surface area (Å²) in [5, 5.41) is 3.46. The largest absolute Gasteiger partial charge is 0.483 e. The SMILES string of the molecule is CCOC(=O)c1c(NC(=O)COc2c(C)cc(Br)cc2C)sc2c1CCC(C)C2. The summed E-state index contributed by atoms with van der Waals surface area (Å²) < 4.78 is 12.0. The van der Waals surface area contributed by atoms with E-state index < -0.39 is 0 Å². The second kappa shape index (κ2) is 9.30. The molecular formula is C22H26BrNO4S. The third-order valence-electron chi connectivity index (χ3n) is 5.02. The van der Waals surface area contributed by atoms with Crippen molar-refractivity contribution in [2.24, 2.45) is 5.92 Å². The van der Waals surface area contributed by atoms with E-state index in [1.54, 1.807) is 6.92 Å². The van der Waals surface area contributed by atoms with Gasteiger partial charge in [0.1, 0.15) is 10.8 Å². The molecule has 0 radical (unpaired) electrons. The van der Waals surface area contributed by atoms with E-state index >= 15 is 0 Å². The van der Waals surface area contributed by atoms with Crippen LogP contribution in [-0.4, -0.2) is 25.1 Å². The normalized spacial score (nSPS) is 15.6. The van der Waals surface area contributed by atoms with Gasteiger partial charge in [0, 0.05) is 9.35 Å². The first-order valence-electron chi connectivity index (χ1n) is 9.81. The molecule has 1 aliphatic carbocycles. The Labute approximate surface area is 183 Å². The van der Waals surface area contributed by atoms with Gasteiger partial charge in [-0.2, -0.15) is 0 Å². The average molecular weight is 480 g/mol. The van der Waals surface area contributed by atoms with Gasteiger partial charge in [-0.05, 0) is 74.8 Å². The minimum absolute atomic E-state index is 0.120. The molecule has 1 atom stereocenters. The molecule has 1 heterocycles. The first-order valence-corrected chi connectivity index (χ1v) is 11.4. The summed E-state index contributed by atoms with van der Waals surface area (Å²) in [5.41, 5.74) is 3.46. The van der Waals surface area contributed by atoms with E-state index in [1.807, 2.05) is 26.0 Å². The van der Waals surface area contributed by atoms with Crippen LogP contribution in [0.3, 0.4) is 0 Å². The minimum atomic E-state index is -0.365. The Hall–Kier alpha value is -1.86. The second-order valence-corrected chi connectivity index (χ2v) is 9.50. The van der Waals surface area contributed by atoms with Gasteiger partial charge in [0.15, 0.2) is 6.61 Å². The van der Waals surface area contributed by atoms with E-state index in [1.165, 1.54) is 16.2 Å². The summed E-state index contributed by atoms with van der Waals surface area (Å²) in [5.74, 6) is 0.624. The molecule has 0 fully saturated rings. The minimum Gasteiger partial charge on any atom is -0.483 e. The number of aryl methyl sites for hydroxylation is 2. The van der Waals surface area contributed by atoms with Gasteiger partial charge in [-0.25, -0.2) is 4.79 Å². The van der Waals surface area contributed by atoms with Gasteiger partial charge in [-0.15, -0.1) is 11.3 Å². The number of hydrogen-bond acceptors (Lipinski definition) is 5. The van der Waals surface area contributed by atoms with Gasteiger partial charge in [0.2, 0.25) is 0 Å². The predicted molar refractivity (Wildman–Crippen MR) is 119 cm³/mol. The molecule has 1 aromatic heterocycles. The number of carbonyl (C=O) groups excluding carboxylic acids is 2. The van der Waals surface area contributed by atoms with Gasteiger partial charge >= 0.3 is 5.97 Å². The van der Waals surface area contributed by atoms with Gasteiger partial charge < -0.3 is 14.8 Å². The lowest BCUT2D eigenvalue weighted by Crippen LogP contribution is -2.22. The van der Waals surface area contributed by atoms with Crippen molar-refractivity contribution in [3.63, 3.8) is 0 Å². The molecule has 1 unspecified atom stereocenters. The maximum atomic E-state index is 12.6. The summed E-state index contributed by atoms with van der Waals surface area (Å²) in [7, 11) is 0. The summed E-state index contributed by atoms with van der Waals surface area (Å²) in [6.45, 7) is 8.06. The van der Waals surface area contributed by atoms with E-state index in [-0.39, 0.29) is 18.5 Å². The summed E-state index contributed by atoms with van der Waals surface area (Å²) in [4.78, 5) is 26.3. The molecule has 7 heteroatoms. The van der Waals surface area contributed by atoms with Crippen molar-refractivity contribution >= 4 is 44.1 Å². The van der Waals surface area contributed by atoms with E-state index in [0.717, 1.165) is 40.4 Å². The van der Waals surface area contributed by atoms with Crippen LogP contribution in [0.1, 0.15) is 52.2 Å². The van der Waals surface area contributed by atoms with Crippen molar-refractivity contribution < 1.29 is 19.1 Å². The predicted octanol–water partition coefficient (Wildman–Crippen LogP) is 5.45. The van der Waals surface area contributed by atoms with Crippen LogP contribution in [0.25, 0.3) is 0 Å². The highest BCUT2D eigenvalue weighted by Crippen LogP contribution is 2.40. The Morgan fingerprint density at radius 3 is 2.62 bits per heavy atom. The molecule has 156 valence electrons. The quantitative estimate of drug-likeness (QED) is 0.559. The van der Waals surface area contributed by atoms with Crippen molar-refractivity contribution in [2.75, 3.05) is 18.5 Å². The lowest BCUT2D eigenvalue weighted by Gasteiger charge is -2.18. The monoisotopic (exact) mass is 479 g/mol. The maximum absolute atomic E-state index is 12.6. The molecular weight excluding hydrogens is 454 g/mol. The lowest BCUT2D eigenvalue weighted by atomic mass is 9.88. The van der Waals surface area contributed by atoms with Crippen LogP contribution < -0.4 is 10.1 Å². The zero-order chi connectivity index (χ0) is 21.1. The van der Waals surface area contributed by atoms with Crippen molar-refractivity contribution in [1.29, 1.82) is 0 Å². The van der Waals surface area contributed by atoms with Crippen LogP contribution in [0.15, 0.2) is 16.6 Å². The second-order valence-electron chi connectivity index (χ2n) is 7.48. The molecule has 0 bridgehead atoms. The smallest absolute Gasteiger partial charge is 0.341 e. The molecule has 0 spiro atoms. The molecule has 0 aliphatic heterocycles. The number of hydrogen-bond donors (Lipinski definition) is 1. The Morgan fingerprint density at radius 1 is 1.28 bits per heavy atom. The Kier molecular flexibility index (Phi) is 7.01. The van der Waals surface area contributed by atoms with Gasteiger partial charge in [-0.3, -0.25) is 4.79 Å². The topological polar surface area (TPSA) is 64.6 Å². The zero-order valence-electron chi connectivity index (χ0n) is 17.2. The highest BCUT2D eigenvalue weighted by molar-refractivity contribution is 9.10. The van der Waals surface area contributed by atoms with E-state index in [4.69, 9.17) is 9.47 Å². The molecule has 0 saturated carbocycles. The Bertz CT molecular complexity index is 914. The molecule has 3 rings (SSSR count). The highest BCUT2D eigenvalue weighted by atomic mass is 79.9. The number of amides is 1. The van der Waals surface area contributed by atoms with Crippen LogP contribution >= 0.6 is 27.3 Å². The van der Waals surface area contributed by atoms with E-state index in [2.05, 4.69) is 28.2 Å². The zero-order valence-corrected chi connectivity index (χ0v) is 19.6. The number of ether oxygens (including phenoxy) is 2. The third kappa shape index (κ3) is 5.01. The molecule has 29 heavy (non-hydrogen) atoms. The number of esters is 1. The number of halogens is 1. The fourth-order valence-corrected chi connectivity index (χ4v) is 5.79. The van der Waals surface area contributed by atoms with E-state index in [9.17, 15) is 9.59 Å². The van der Waals surface area contributed by atoms with Crippen LogP contribution in [0, 0.1) is 19.8 Å². The van der Waals surface area contributed by atoms with Crippen LogP contribution in [0.2, 0.25) is 0 Å². The van der Waals surface area contributed by atoms with Crippen molar-refractivity contribution in [3.05, 3.63) is 43.7 Å². The van der Waals surface area contributed by atoms with Crippen LogP contribution in [0.4, 0.5) is 5.00 Å². The number of anilines is 1. The molecule has 5 nitrogen and oxygen atoms in total. The van der Waals surface area contributed by atoms with Crippen molar-refractivity contribution in [3.8, 4) is 5.75 Å². The van der Waals surface area contributed by atoms with Gasteiger partial charge in [0.25, 0.3) is 5.91 Å². The number of carbonyl (C=O) groups is 2. The number of thiophene rings is 1. The fourth-order valence-electron chi connectivity index (χ4n) is 3.68. The Morgan fingerprint density at radius 2 is 1.97 bits per heavy atom. The van der Waals surface area contributed by atoms with Gasteiger partial charge in [-0.1, -0.05) is 22.9 Å². The van der Waals surface area contributed by atoms with Crippen molar-refractivity contribution in [2.45, 2.75) is 47.0 Å². The number of rotatable bonds is 6. The lowest BCUT2D eigenvalue weighted by molar-refractivity contribution is -0.118. The maximum Gasteiger partial charge on any atom is 0.341 e. The van der Waals surface area contributed by atoms with E-state index in [0.29, 0.717) is 28.8 Å². The number of fused-ring (bicyclic) bond motifs is 1. The summed E-state index contributed by atoms with van der Waals surface area (Å²) in [6.07, 6.45) is 2.80. The van der Waals surface area contributed by atoms with Gasteiger partial charge in [0.05, 0.1) is 12.2 Å². The molecule has 2 aromatic rings. The highest BCUT2D eigenvalue weighted by Gasteiger charge is 2.29. The molecule has 1 N–H and O–H groups in total. The first-order chi connectivity index (χ1) is 13.8. The third-order valence-corrected chi connectivity index (χ3v) is 6.64. The standard InChI is InChI=1S/C22H26BrNO4S/c1-5-27-22(26)19-16-7-6-12(2)8-17(16)29-21(19)24-18(25)11-28-20-13(3)9-15(23)10-14(20)4/h9-10,12H,5-8,11H2,1-4H3,(H,24,25). The molecule has 1 aliphatic rings. The average Bonchev–Trinajstić information content (AvgIpc) is 2.97. The number of nitrogens with one attached hydrogen (secondary N) is 1. The van der Waals surface area contributed by atoms with Crippen molar-refractivity contribution in [1.82, 2.24) is 0 Å².